The SMILES string of the molecule is Cn1c(SCC(=O)Nc2nc3c(s2)CCCC3)nnc1-c1cccnc1. The summed E-state index contributed by atoms with van der Waals surface area (Å²) in [7, 11) is 1.89. The number of carbonyl (C=O) groups excluding carboxylic acids is 1. The van der Waals surface area contributed by atoms with Crippen LogP contribution in [-0.2, 0) is 24.7 Å². The third kappa shape index (κ3) is 3.63. The van der Waals surface area contributed by atoms with Gasteiger partial charge in [0.25, 0.3) is 0 Å². The van der Waals surface area contributed by atoms with Gasteiger partial charge in [-0.1, -0.05) is 11.8 Å². The van der Waals surface area contributed by atoms with Crippen molar-refractivity contribution in [2.75, 3.05) is 11.1 Å². The molecule has 0 saturated heterocycles. The van der Waals surface area contributed by atoms with Crippen LogP contribution in [0.3, 0.4) is 0 Å². The number of nitrogens with zero attached hydrogens (tertiary/aromatic N) is 5. The van der Waals surface area contributed by atoms with E-state index in [1.807, 2.05) is 23.7 Å². The van der Waals surface area contributed by atoms with Crippen molar-refractivity contribution in [3.63, 3.8) is 0 Å². The van der Waals surface area contributed by atoms with E-state index in [0.29, 0.717) is 10.3 Å². The zero-order valence-corrected chi connectivity index (χ0v) is 15.9. The van der Waals surface area contributed by atoms with Gasteiger partial charge in [0.2, 0.25) is 5.91 Å². The third-order valence-electron chi connectivity index (χ3n) is 4.18. The summed E-state index contributed by atoms with van der Waals surface area (Å²) in [6.45, 7) is 0. The lowest BCUT2D eigenvalue weighted by Crippen LogP contribution is -2.14. The highest BCUT2D eigenvalue weighted by molar-refractivity contribution is 7.99. The molecule has 1 amide bonds. The molecule has 0 fully saturated rings. The zero-order chi connectivity index (χ0) is 17.9. The number of fused-ring (bicyclic) bond motifs is 1. The number of nitrogens with one attached hydrogen (secondary N) is 1. The smallest absolute Gasteiger partial charge is 0.236 e. The highest BCUT2D eigenvalue weighted by Crippen LogP contribution is 2.29. The molecular weight excluding hydrogens is 368 g/mol. The van der Waals surface area contributed by atoms with Gasteiger partial charge in [0.05, 0.1) is 11.4 Å². The lowest BCUT2D eigenvalue weighted by molar-refractivity contribution is -0.113. The van der Waals surface area contributed by atoms with E-state index in [0.717, 1.165) is 29.9 Å². The minimum atomic E-state index is -0.0768. The molecule has 26 heavy (non-hydrogen) atoms. The minimum absolute atomic E-state index is 0.0768. The van der Waals surface area contributed by atoms with Crippen molar-refractivity contribution in [1.82, 2.24) is 24.7 Å². The fourth-order valence-electron chi connectivity index (χ4n) is 2.88. The van der Waals surface area contributed by atoms with Crippen LogP contribution in [0.25, 0.3) is 11.4 Å². The summed E-state index contributed by atoms with van der Waals surface area (Å²) >= 11 is 2.96. The second-order valence-electron chi connectivity index (χ2n) is 6.04. The maximum Gasteiger partial charge on any atom is 0.236 e. The number of rotatable bonds is 5. The lowest BCUT2D eigenvalue weighted by atomic mass is 10.0. The summed E-state index contributed by atoms with van der Waals surface area (Å²) in [5.74, 6) is 0.920. The van der Waals surface area contributed by atoms with Crippen LogP contribution in [0, 0.1) is 0 Å². The molecule has 0 unspecified atom stereocenters. The molecule has 0 bridgehead atoms. The average Bonchev–Trinajstić information content (AvgIpc) is 3.23. The van der Waals surface area contributed by atoms with Crippen molar-refractivity contribution in [1.29, 1.82) is 0 Å². The largest absolute Gasteiger partial charge is 0.305 e. The summed E-state index contributed by atoms with van der Waals surface area (Å²) in [6, 6.07) is 3.79. The quantitative estimate of drug-likeness (QED) is 0.679. The highest BCUT2D eigenvalue weighted by Gasteiger charge is 2.17. The van der Waals surface area contributed by atoms with Gasteiger partial charge < -0.3 is 9.88 Å². The van der Waals surface area contributed by atoms with Crippen molar-refractivity contribution in [3.8, 4) is 11.4 Å². The molecule has 0 aromatic carbocycles. The Morgan fingerprint density at radius 2 is 2.23 bits per heavy atom. The first-order valence-corrected chi connectivity index (χ1v) is 10.2. The molecule has 0 saturated carbocycles. The van der Waals surface area contributed by atoms with Crippen LogP contribution in [0.5, 0.6) is 0 Å². The molecule has 3 aromatic rings. The number of amides is 1. The Morgan fingerprint density at radius 1 is 1.35 bits per heavy atom. The molecule has 7 nitrogen and oxygen atoms in total. The van der Waals surface area contributed by atoms with E-state index < -0.39 is 0 Å². The van der Waals surface area contributed by atoms with E-state index in [1.165, 1.54) is 29.5 Å². The van der Waals surface area contributed by atoms with Gasteiger partial charge in [-0.2, -0.15) is 0 Å². The first kappa shape index (κ1) is 17.2. The normalized spacial score (nSPS) is 13.4. The maximum absolute atomic E-state index is 12.3. The van der Waals surface area contributed by atoms with Crippen LogP contribution < -0.4 is 5.32 Å². The summed E-state index contributed by atoms with van der Waals surface area (Å²) in [5, 5.41) is 12.7. The molecule has 1 N–H and O–H groups in total. The predicted molar refractivity (Wildman–Crippen MR) is 102 cm³/mol. The summed E-state index contributed by atoms with van der Waals surface area (Å²) in [4.78, 5) is 22.2. The van der Waals surface area contributed by atoms with Crippen LogP contribution in [0.1, 0.15) is 23.4 Å². The Morgan fingerprint density at radius 3 is 3.04 bits per heavy atom. The van der Waals surface area contributed by atoms with Crippen molar-refractivity contribution < 1.29 is 4.79 Å². The molecule has 3 heterocycles. The topological polar surface area (TPSA) is 85.6 Å². The van der Waals surface area contributed by atoms with E-state index in [9.17, 15) is 4.79 Å². The second kappa shape index (κ2) is 7.55. The molecule has 9 heteroatoms. The summed E-state index contributed by atoms with van der Waals surface area (Å²) in [5.41, 5.74) is 2.05. The molecular formula is C17H18N6OS2. The Labute approximate surface area is 159 Å². The van der Waals surface area contributed by atoms with Crippen molar-refractivity contribution in [2.45, 2.75) is 30.8 Å². The molecule has 4 rings (SSSR count). The van der Waals surface area contributed by atoms with E-state index in [-0.39, 0.29) is 11.7 Å². The predicted octanol–water partition coefficient (Wildman–Crippen LogP) is 2.94. The van der Waals surface area contributed by atoms with Crippen molar-refractivity contribution in [2.24, 2.45) is 7.05 Å². The zero-order valence-electron chi connectivity index (χ0n) is 14.3. The van der Waals surface area contributed by atoms with Gasteiger partial charge in [-0.3, -0.25) is 9.78 Å². The monoisotopic (exact) mass is 386 g/mol. The molecule has 0 aliphatic heterocycles. The van der Waals surface area contributed by atoms with Gasteiger partial charge in [-0.15, -0.1) is 21.5 Å². The number of aromatic nitrogens is 5. The number of thiazole rings is 1. The number of hydrogen-bond donors (Lipinski definition) is 1. The van der Waals surface area contributed by atoms with Crippen LogP contribution >= 0.6 is 23.1 Å². The van der Waals surface area contributed by atoms with Gasteiger partial charge >= 0.3 is 0 Å². The van der Waals surface area contributed by atoms with E-state index in [1.54, 1.807) is 23.7 Å². The standard InChI is InChI=1S/C17H18N6OS2/c1-23-15(11-5-4-8-18-9-11)21-22-17(23)25-10-14(24)20-16-19-12-6-2-3-7-13(12)26-16/h4-5,8-9H,2-3,6-7,10H2,1H3,(H,19,20,24). The van der Waals surface area contributed by atoms with Gasteiger partial charge in [0.15, 0.2) is 16.1 Å². The first-order chi connectivity index (χ1) is 12.7. The number of hydrogen-bond acceptors (Lipinski definition) is 7. The number of thioether (sulfide) groups is 1. The van der Waals surface area contributed by atoms with Gasteiger partial charge in [-0.25, -0.2) is 4.98 Å². The van der Waals surface area contributed by atoms with E-state index in [4.69, 9.17) is 0 Å². The van der Waals surface area contributed by atoms with Crippen molar-refractivity contribution >= 4 is 34.1 Å². The molecule has 0 spiro atoms. The van der Waals surface area contributed by atoms with Crippen LogP contribution in [-0.4, -0.2) is 36.4 Å². The molecule has 0 atom stereocenters. The average molecular weight is 387 g/mol. The fourth-order valence-corrected chi connectivity index (χ4v) is 4.65. The van der Waals surface area contributed by atoms with Crippen LogP contribution in [0.4, 0.5) is 5.13 Å². The second-order valence-corrected chi connectivity index (χ2v) is 8.07. The maximum atomic E-state index is 12.3. The van der Waals surface area contributed by atoms with E-state index >= 15 is 0 Å². The molecule has 3 aromatic heterocycles. The van der Waals surface area contributed by atoms with Gasteiger partial charge in [-0.05, 0) is 37.8 Å². The molecule has 1 aliphatic carbocycles. The number of anilines is 1. The third-order valence-corrected chi connectivity index (χ3v) is 6.27. The van der Waals surface area contributed by atoms with Gasteiger partial charge in [0, 0.05) is 29.9 Å². The Hall–Kier alpha value is -2.26. The highest BCUT2D eigenvalue weighted by atomic mass is 32.2. The molecule has 1 aliphatic rings. The lowest BCUT2D eigenvalue weighted by Gasteiger charge is -2.06. The van der Waals surface area contributed by atoms with Crippen molar-refractivity contribution in [3.05, 3.63) is 35.1 Å². The molecule has 0 radical (unpaired) electrons. The first-order valence-electron chi connectivity index (χ1n) is 8.42. The number of pyridine rings is 1. The molecule has 134 valence electrons. The summed E-state index contributed by atoms with van der Waals surface area (Å²) < 4.78 is 1.87. The number of aryl methyl sites for hydroxylation is 2. The Kier molecular flexibility index (Phi) is 4.98. The van der Waals surface area contributed by atoms with Crippen LogP contribution in [0.2, 0.25) is 0 Å². The van der Waals surface area contributed by atoms with Gasteiger partial charge in [0.1, 0.15) is 0 Å². The fraction of sp³-hybridized carbons (Fsp3) is 0.353. The van der Waals surface area contributed by atoms with E-state index in [2.05, 4.69) is 25.5 Å². The number of carbonyl (C=O) groups is 1. The Balaban J connectivity index is 1.37. The minimum Gasteiger partial charge on any atom is -0.305 e. The summed E-state index contributed by atoms with van der Waals surface area (Å²) in [6.07, 6.45) is 7.96. The Bertz CT molecular complexity index is 897. The van der Waals surface area contributed by atoms with Crippen LogP contribution in [0.15, 0.2) is 29.7 Å².